The van der Waals surface area contributed by atoms with Gasteiger partial charge in [0.15, 0.2) is 5.43 Å². The van der Waals surface area contributed by atoms with Gasteiger partial charge in [-0.1, -0.05) is 30.3 Å². The third kappa shape index (κ3) is 4.74. The highest BCUT2D eigenvalue weighted by Crippen LogP contribution is 2.33. The van der Waals surface area contributed by atoms with E-state index >= 15 is 0 Å². The molecule has 1 aliphatic rings. The number of nitrogens with zero attached hydrogens (tertiary/aromatic N) is 4. The van der Waals surface area contributed by atoms with E-state index in [-0.39, 0.29) is 27.9 Å². The molecule has 0 amide bonds. The number of phenols is 1. The summed E-state index contributed by atoms with van der Waals surface area (Å²) >= 11 is 0. The van der Waals surface area contributed by atoms with Gasteiger partial charge in [-0.25, -0.2) is 4.98 Å². The number of aryl methyl sites for hydroxylation is 1. The lowest BCUT2D eigenvalue weighted by molar-refractivity contribution is 0.333. The van der Waals surface area contributed by atoms with Gasteiger partial charge in [-0.05, 0) is 6.92 Å². The van der Waals surface area contributed by atoms with Crippen molar-refractivity contribution in [3.05, 3.63) is 83.1 Å². The molecule has 2 N–H and O–H groups in total. The number of benzene rings is 2. The van der Waals surface area contributed by atoms with Gasteiger partial charge in [0.05, 0.1) is 6.26 Å². The van der Waals surface area contributed by atoms with E-state index in [1.807, 2.05) is 35.2 Å². The van der Waals surface area contributed by atoms with E-state index in [1.54, 1.807) is 25.3 Å². The molecule has 0 saturated carbocycles. The van der Waals surface area contributed by atoms with Crippen molar-refractivity contribution < 1.29 is 19.4 Å². The largest absolute Gasteiger partial charge is 0.514 e. The zero-order valence-corrected chi connectivity index (χ0v) is 19.1. The maximum absolute atomic E-state index is 12.7. The molecule has 178 valence electrons. The Bertz CT molecular complexity index is 1440. The lowest BCUT2D eigenvalue weighted by atomic mass is 10.1. The van der Waals surface area contributed by atoms with Gasteiger partial charge >= 0.3 is 0 Å². The van der Waals surface area contributed by atoms with E-state index < -0.39 is 0 Å². The molecule has 9 nitrogen and oxygen atoms in total. The van der Waals surface area contributed by atoms with E-state index in [9.17, 15) is 9.90 Å². The van der Waals surface area contributed by atoms with Crippen molar-refractivity contribution in [1.29, 1.82) is 0 Å². The number of piperazine rings is 1. The van der Waals surface area contributed by atoms with Crippen molar-refractivity contribution in [2.75, 3.05) is 31.1 Å². The van der Waals surface area contributed by atoms with Gasteiger partial charge in [0, 0.05) is 62.2 Å². The maximum Gasteiger partial charge on any atom is 0.224 e. The summed E-state index contributed by atoms with van der Waals surface area (Å²) in [4.78, 5) is 25.7. The number of aromatic nitrogens is 2. The molecule has 1 saturated heterocycles. The number of aromatic hydroxyl groups is 1. The van der Waals surface area contributed by atoms with Crippen LogP contribution < -0.4 is 15.1 Å². The Labute approximate surface area is 201 Å². The molecule has 1 fully saturated rings. The quantitative estimate of drug-likeness (QED) is 0.413. The van der Waals surface area contributed by atoms with E-state index in [1.165, 1.54) is 12.1 Å². The van der Waals surface area contributed by atoms with Gasteiger partial charge in [-0.3, -0.25) is 4.79 Å². The van der Waals surface area contributed by atoms with Crippen LogP contribution in [0.4, 0.5) is 5.82 Å². The monoisotopic (exact) mass is 472 g/mol. The average molecular weight is 473 g/mol. The molecule has 0 atom stereocenters. The lowest BCUT2D eigenvalue weighted by Gasteiger charge is -2.34. The van der Waals surface area contributed by atoms with Crippen LogP contribution in [0.2, 0.25) is 0 Å². The first-order chi connectivity index (χ1) is 17.0. The first-order valence-corrected chi connectivity index (χ1v) is 11.2. The number of hydrogen-bond donors (Lipinski definition) is 2. The maximum atomic E-state index is 12.7. The van der Waals surface area contributed by atoms with Crippen LogP contribution in [0.15, 0.2) is 76.3 Å². The standard InChI is InChI=1S/C26H24N4O5/c1-17-27-24(30-9-7-29(8-10-30)11-12-31)16-25(28-17)34-19-13-20(32)26-21(33)15-22(35-23(26)14-19)18-5-3-2-4-6-18/h2-6,11-16,31-32H,7-10H2,1H3. The molecule has 0 bridgehead atoms. The topological polar surface area (TPSA) is 112 Å². The van der Waals surface area contributed by atoms with E-state index in [0.29, 0.717) is 17.5 Å². The Balaban J connectivity index is 1.45. The number of aliphatic hydroxyl groups excluding tert-OH is 1. The summed E-state index contributed by atoms with van der Waals surface area (Å²) in [6.45, 7) is 4.73. The number of aliphatic hydroxyl groups is 1. The van der Waals surface area contributed by atoms with Crippen molar-refractivity contribution in [2.24, 2.45) is 0 Å². The Morgan fingerprint density at radius 1 is 1.03 bits per heavy atom. The van der Waals surface area contributed by atoms with Crippen LogP contribution in [0.5, 0.6) is 17.4 Å². The van der Waals surface area contributed by atoms with E-state index in [0.717, 1.165) is 43.8 Å². The minimum atomic E-state index is -0.343. The fourth-order valence-electron chi connectivity index (χ4n) is 4.10. The predicted molar refractivity (Wildman–Crippen MR) is 132 cm³/mol. The van der Waals surface area contributed by atoms with Gasteiger partial charge in [-0.2, -0.15) is 4.98 Å². The summed E-state index contributed by atoms with van der Waals surface area (Å²) in [5, 5.41) is 19.6. The SMILES string of the molecule is Cc1nc(Oc2cc(O)c3c(=O)cc(-c4ccccc4)oc3c2)cc(N2CCN(C=CO)CC2)n1. The molecule has 3 heterocycles. The molecule has 5 rings (SSSR count). The zero-order valence-electron chi connectivity index (χ0n) is 19.1. The molecule has 0 radical (unpaired) electrons. The minimum Gasteiger partial charge on any atom is -0.514 e. The van der Waals surface area contributed by atoms with Gasteiger partial charge in [0.2, 0.25) is 5.88 Å². The Morgan fingerprint density at radius 2 is 1.80 bits per heavy atom. The summed E-state index contributed by atoms with van der Waals surface area (Å²) in [6.07, 6.45) is 2.70. The molecular formula is C26H24N4O5. The minimum absolute atomic E-state index is 0.0892. The highest BCUT2D eigenvalue weighted by Gasteiger charge is 2.18. The zero-order chi connectivity index (χ0) is 24.4. The van der Waals surface area contributed by atoms with Crippen molar-refractivity contribution in [1.82, 2.24) is 14.9 Å². The van der Waals surface area contributed by atoms with Gasteiger partial charge in [0.25, 0.3) is 0 Å². The second kappa shape index (κ2) is 9.38. The third-order valence-electron chi connectivity index (χ3n) is 5.78. The number of fused-ring (bicyclic) bond motifs is 1. The summed E-state index contributed by atoms with van der Waals surface area (Å²) in [7, 11) is 0. The molecule has 9 heteroatoms. The predicted octanol–water partition coefficient (Wildman–Crippen LogP) is 4.21. The van der Waals surface area contributed by atoms with Crippen molar-refractivity contribution in [3.8, 4) is 28.7 Å². The molecule has 35 heavy (non-hydrogen) atoms. The van der Waals surface area contributed by atoms with E-state index in [4.69, 9.17) is 14.3 Å². The highest BCUT2D eigenvalue weighted by atomic mass is 16.5. The molecule has 1 aliphatic heterocycles. The summed E-state index contributed by atoms with van der Waals surface area (Å²) in [5.41, 5.74) is 0.623. The fourth-order valence-corrected chi connectivity index (χ4v) is 4.10. The van der Waals surface area contributed by atoms with Crippen LogP contribution in [0.3, 0.4) is 0 Å². The Hall–Kier alpha value is -4.53. The fraction of sp³-hybridized carbons (Fsp3) is 0.192. The van der Waals surface area contributed by atoms with Crippen LogP contribution in [0.1, 0.15) is 5.82 Å². The normalized spacial score (nSPS) is 14.1. The number of rotatable bonds is 5. The van der Waals surface area contributed by atoms with Crippen LogP contribution in [-0.4, -0.2) is 51.3 Å². The highest BCUT2D eigenvalue weighted by molar-refractivity contribution is 5.86. The smallest absolute Gasteiger partial charge is 0.224 e. The summed E-state index contributed by atoms with van der Waals surface area (Å²) in [5.74, 6) is 2.02. The summed E-state index contributed by atoms with van der Waals surface area (Å²) < 4.78 is 11.9. The Morgan fingerprint density at radius 3 is 2.54 bits per heavy atom. The van der Waals surface area contributed by atoms with Crippen LogP contribution in [0.25, 0.3) is 22.3 Å². The number of phenolic OH excluding ortho intramolecular Hbond substituents is 1. The molecular weight excluding hydrogens is 448 g/mol. The molecule has 0 aliphatic carbocycles. The van der Waals surface area contributed by atoms with Gasteiger partial charge in [0.1, 0.15) is 39.9 Å². The molecule has 2 aromatic carbocycles. The number of ether oxygens (including phenoxy) is 1. The van der Waals surface area contributed by atoms with Crippen molar-refractivity contribution in [2.45, 2.75) is 6.92 Å². The number of anilines is 1. The number of hydrogen-bond acceptors (Lipinski definition) is 9. The first kappa shape index (κ1) is 22.3. The first-order valence-electron chi connectivity index (χ1n) is 11.2. The third-order valence-corrected chi connectivity index (χ3v) is 5.78. The van der Waals surface area contributed by atoms with Crippen LogP contribution in [0, 0.1) is 6.92 Å². The van der Waals surface area contributed by atoms with Crippen LogP contribution >= 0.6 is 0 Å². The molecule has 4 aromatic rings. The summed E-state index contributed by atoms with van der Waals surface area (Å²) in [6, 6.07) is 15.3. The lowest BCUT2D eigenvalue weighted by Crippen LogP contribution is -2.44. The van der Waals surface area contributed by atoms with Crippen LogP contribution in [-0.2, 0) is 0 Å². The Kier molecular flexibility index (Phi) is 5.97. The van der Waals surface area contributed by atoms with E-state index in [2.05, 4.69) is 14.9 Å². The average Bonchev–Trinajstić information content (AvgIpc) is 2.84. The second-order valence-corrected chi connectivity index (χ2v) is 8.19. The van der Waals surface area contributed by atoms with Crippen molar-refractivity contribution in [3.63, 3.8) is 0 Å². The molecule has 2 aromatic heterocycles. The molecule has 0 spiro atoms. The molecule has 0 unspecified atom stereocenters. The van der Waals surface area contributed by atoms with Crippen molar-refractivity contribution >= 4 is 16.8 Å². The second-order valence-electron chi connectivity index (χ2n) is 8.19. The van der Waals surface area contributed by atoms with Gasteiger partial charge < -0.3 is 29.2 Å². The van der Waals surface area contributed by atoms with Gasteiger partial charge in [-0.15, -0.1) is 0 Å².